The number of carboxylic acids is 1. The molecular formula is C13H8F3NO3. The summed E-state index contributed by atoms with van der Waals surface area (Å²) in [6.07, 6.45) is 1.14. The van der Waals surface area contributed by atoms with Crippen molar-refractivity contribution in [2.45, 2.75) is 6.61 Å². The van der Waals surface area contributed by atoms with Gasteiger partial charge in [-0.25, -0.2) is 9.78 Å². The second-order valence-corrected chi connectivity index (χ2v) is 3.76. The number of nitrogens with zero attached hydrogens (tertiary/aromatic N) is 1. The van der Waals surface area contributed by atoms with E-state index in [1.807, 2.05) is 0 Å². The van der Waals surface area contributed by atoms with E-state index in [9.17, 15) is 18.0 Å². The molecule has 0 fully saturated rings. The first-order chi connectivity index (χ1) is 9.47. The van der Waals surface area contributed by atoms with E-state index in [0.29, 0.717) is 5.56 Å². The minimum absolute atomic E-state index is 0.195. The Labute approximate surface area is 111 Å². The molecule has 0 spiro atoms. The molecule has 0 aliphatic carbocycles. The number of ether oxygens (including phenoxy) is 1. The summed E-state index contributed by atoms with van der Waals surface area (Å²) in [7, 11) is 0. The van der Waals surface area contributed by atoms with Crippen LogP contribution in [0.1, 0.15) is 10.4 Å². The number of benzene rings is 1. The Morgan fingerprint density at radius 3 is 2.55 bits per heavy atom. The largest absolute Gasteiger partial charge is 0.478 e. The van der Waals surface area contributed by atoms with Gasteiger partial charge in [-0.05, 0) is 30.3 Å². The molecule has 2 rings (SSSR count). The molecule has 0 radical (unpaired) electrons. The summed E-state index contributed by atoms with van der Waals surface area (Å²) >= 11 is 0. The zero-order chi connectivity index (χ0) is 14.7. The van der Waals surface area contributed by atoms with Crippen molar-refractivity contribution in [3.8, 4) is 16.9 Å². The highest BCUT2D eigenvalue weighted by Crippen LogP contribution is 2.31. The molecule has 20 heavy (non-hydrogen) atoms. The Balaban J connectivity index is 2.50. The van der Waals surface area contributed by atoms with Gasteiger partial charge in [0.15, 0.2) is 0 Å². The van der Waals surface area contributed by atoms with Crippen molar-refractivity contribution < 1.29 is 27.8 Å². The molecule has 1 aromatic heterocycles. The number of carboxylic acid groups (broad SMARTS) is 1. The molecule has 0 aliphatic rings. The minimum Gasteiger partial charge on any atom is -0.478 e. The third-order valence-corrected chi connectivity index (χ3v) is 2.48. The third-order valence-electron chi connectivity index (χ3n) is 2.48. The SMILES string of the molecule is O=C(O)c1ccc(-c2ccc(F)nc2)c(OC(F)F)c1. The molecule has 7 heteroatoms. The summed E-state index contributed by atoms with van der Waals surface area (Å²) in [6.45, 7) is -3.11. The van der Waals surface area contributed by atoms with Crippen LogP contribution in [0.2, 0.25) is 0 Å². The third kappa shape index (κ3) is 3.05. The van der Waals surface area contributed by atoms with E-state index in [0.717, 1.165) is 18.3 Å². The van der Waals surface area contributed by atoms with Crippen LogP contribution in [-0.2, 0) is 0 Å². The lowest BCUT2D eigenvalue weighted by Gasteiger charge is -2.11. The lowest BCUT2D eigenvalue weighted by atomic mass is 10.0. The average Bonchev–Trinajstić information content (AvgIpc) is 2.39. The van der Waals surface area contributed by atoms with E-state index in [2.05, 4.69) is 9.72 Å². The fraction of sp³-hybridized carbons (Fsp3) is 0.0769. The van der Waals surface area contributed by atoms with Gasteiger partial charge in [0.1, 0.15) is 5.75 Å². The lowest BCUT2D eigenvalue weighted by molar-refractivity contribution is -0.0495. The minimum atomic E-state index is -3.11. The number of hydrogen-bond acceptors (Lipinski definition) is 3. The van der Waals surface area contributed by atoms with Gasteiger partial charge >= 0.3 is 12.6 Å². The van der Waals surface area contributed by atoms with Gasteiger partial charge in [-0.1, -0.05) is 0 Å². The lowest BCUT2D eigenvalue weighted by Crippen LogP contribution is -2.05. The van der Waals surface area contributed by atoms with Gasteiger partial charge in [0.25, 0.3) is 0 Å². The molecule has 0 saturated heterocycles. The first-order valence-corrected chi connectivity index (χ1v) is 5.41. The molecule has 0 bridgehead atoms. The Morgan fingerprint density at radius 2 is 2.00 bits per heavy atom. The molecule has 4 nitrogen and oxygen atoms in total. The highest BCUT2D eigenvalue weighted by molar-refractivity contribution is 5.89. The number of halogens is 3. The Morgan fingerprint density at radius 1 is 1.25 bits per heavy atom. The van der Waals surface area contributed by atoms with Gasteiger partial charge in [-0.15, -0.1) is 0 Å². The molecule has 1 N–H and O–H groups in total. The van der Waals surface area contributed by atoms with Crippen LogP contribution in [0.5, 0.6) is 5.75 Å². The number of rotatable bonds is 4. The molecular weight excluding hydrogens is 275 g/mol. The topological polar surface area (TPSA) is 59.4 Å². The van der Waals surface area contributed by atoms with Crippen molar-refractivity contribution in [2.75, 3.05) is 0 Å². The average molecular weight is 283 g/mol. The van der Waals surface area contributed by atoms with Crippen LogP contribution in [0.3, 0.4) is 0 Å². The number of pyridine rings is 1. The van der Waals surface area contributed by atoms with Crippen LogP contribution < -0.4 is 4.74 Å². The highest BCUT2D eigenvalue weighted by atomic mass is 19.3. The summed E-state index contributed by atoms with van der Waals surface area (Å²) in [5, 5.41) is 8.84. The summed E-state index contributed by atoms with van der Waals surface area (Å²) in [6, 6.07) is 5.91. The molecule has 0 saturated carbocycles. The van der Waals surface area contributed by atoms with Gasteiger partial charge in [0.2, 0.25) is 5.95 Å². The van der Waals surface area contributed by atoms with Crippen molar-refractivity contribution >= 4 is 5.97 Å². The van der Waals surface area contributed by atoms with Gasteiger partial charge < -0.3 is 9.84 Å². The predicted octanol–water partition coefficient (Wildman–Crippen LogP) is 3.19. The van der Waals surface area contributed by atoms with Crippen LogP contribution in [0.15, 0.2) is 36.5 Å². The van der Waals surface area contributed by atoms with Crippen LogP contribution in [0, 0.1) is 5.95 Å². The Bertz CT molecular complexity index is 629. The van der Waals surface area contributed by atoms with E-state index in [-0.39, 0.29) is 16.9 Å². The van der Waals surface area contributed by atoms with Gasteiger partial charge in [0, 0.05) is 17.3 Å². The maximum atomic E-state index is 12.7. The van der Waals surface area contributed by atoms with Crippen LogP contribution in [0.25, 0.3) is 11.1 Å². The van der Waals surface area contributed by atoms with E-state index in [1.54, 1.807) is 0 Å². The first kappa shape index (κ1) is 13.9. The molecule has 0 atom stereocenters. The quantitative estimate of drug-likeness (QED) is 0.875. The van der Waals surface area contributed by atoms with Gasteiger partial charge in [-0.3, -0.25) is 0 Å². The molecule has 104 valence electrons. The van der Waals surface area contributed by atoms with Crippen molar-refractivity contribution in [1.29, 1.82) is 0 Å². The zero-order valence-corrected chi connectivity index (χ0v) is 9.89. The van der Waals surface area contributed by atoms with E-state index in [4.69, 9.17) is 5.11 Å². The molecule has 1 aromatic carbocycles. The summed E-state index contributed by atoms with van der Waals surface area (Å²) < 4.78 is 41.8. The number of aromatic carboxylic acids is 1. The molecule has 1 heterocycles. The smallest absolute Gasteiger partial charge is 0.387 e. The first-order valence-electron chi connectivity index (χ1n) is 5.41. The van der Waals surface area contributed by atoms with Crippen molar-refractivity contribution in [2.24, 2.45) is 0 Å². The Kier molecular flexibility index (Phi) is 3.88. The monoisotopic (exact) mass is 283 g/mol. The Hall–Kier alpha value is -2.57. The second-order valence-electron chi connectivity index (χ2n) is 3.76. The van der Waals surface area contributed by atoms with Crippen LogP contribution in [-0.4, -0.2) is 22.7 Å². The van der Waals surface area contributed by atoms with Gasteiger partial charge in [0.05, 0.1) is 5.56 Å². The maximum absolute atomic E-state index is 12.7. The number of hydrogen-bond donors (Lipinski definition) is 1. The molecule has 0 unspecified atom stereocenters. The highest BCUT2D eigenvalue weighted by Gasteiger charge is 2.15. The van der Waals surface area contributed by atoms with E-state index in [1.165, 1.54) is 18.2 Å². The maximum Gasteiger partial charge on any atom is 0.387 e. The second kappa shape index (κ2) is 5.60. The fourth-order valence-electron chi connectivity index (χ4n) is 1.62. The zero-order valence-electron chi connectivity index (χ0n) is 9.89. The van der Waals surface area contributed by atoms with E-state index >= 15 is 0 Å². The summed E-state index contributed by atoms with van der Waals surface area (Å²) in [4.78, 5) is 14.2. The van der Waals surface area contributed by atoms with Crippen LogP contribution >= 0.6 is 0 Å². The molecule has 2 aromatic rings. The predicted molar refractivity (Wildman–Crippen MR) is 63.2 cm³/mol. The summed E-state index contributed by atoms with van der Waals surface area (Å²) in [5.74, 6) is -2.30. The van der Waals surface area contributed by atoms with Crippen LogP contribution in [0.4, 0.5) is 13.2 Å². The van der Waals surface area contributed by atoms with Crippen molar-refractivity contribution in [3.63, 3.8) is 0 Å². The normalized spacial score (nSPS) is 10.6. The number of aromatic nitrogens is 1. The van der Waals surface area contributed by atoms with Crippen molar-refractivity contribution in [1.82, 2.24) is 4.98 Å². The fourth-order valence-corrected chi connectivity index (χ4v) is 1.62. The van der Waals surface area contributed by atoms with Crippen molar-refractivity contribution in [3.05, 3.63) is 48.0 Å². The standard InChI is InChI=1S/C13H8F3NO3/c14-11-4-2-8(6-17-11)9-3-1-7(12(18)19)5-10(9)20-13(15)16/h1-6,13H,(H,18,19). The number of alkyl halides is 2. The van der Waals surface area contributed by atoms with E-state index < -0.39 is 18.5 Å². The number of carbonyl (C=O) groups is 1. The molecule has 0 amide bonds. The van der Waals surface area contributed by atoms with Gasteiger partial charge in [-0.2, -0.15) is 13.2 Å². The molecule has 0 aliphatic heterocycles. The summed E-state index contributed by atoms with van der Waals surface area (Å²) in [5.41, 5.74) is 0.334.